The fraction of sp³-hybridized carbons (Fsp3) is 0.105. The highest BCUT2D eigenvalue weighted by Crippen LogP contribution is 2.27. The highest BCUT2D eigenvalue weighted by atomic mass is 32.2. The molecule has 0 spiro atoms. The van der Waals surface area contributed by atoms with Gasteiger partial charge in [0.05, 0.1) is 5.69 Å². The van der Waals surface area contributed by atoms with Crippen LogP contribution in [0, 0.1) is 12.7 Å². The van der Waals surface area contributed by atoms with Crippen molar-refractivity contribution in [1.29, 1.82) is 0 Å². The van der Waals surface area contributed by atoms with Crippen molar-refractivity contribution in [3.63, 3.8) is 0 Å². The van der Waals surface area contributed by atoms with Crippen molar-refractivity contribution in [3.8, 4) is 0 Å². The third-order valence-corrected chi connectivity index (χ3v) is 5.94. The van der Waals surface area contributed by atoms with Gasteiger partial charge in [0.25, 0.3) is 5.56 Å². The van der Waals surface area contributed by atoms with Crippen LogP contribution in [0.4, 0.5) is 20.0 Å². The lowest BCUT2D eigenvalue weighted by molar-refractivity contribution is 0.262. The van der Waals surface area contributed by atoms with Gasteiger partial charge in [-0.25, -0.2) is 14.2 Å². The summed E-state index contributed by atoms with van der Waals surface area (Å²) in [6.07, 6.45) is 1.75. The molecule has 0 saturated carbocycles. The van der Waals surface area contributed by atoms with Gasteiger partial charge in [0.2, 0.25) is 5.13 Å². The number of halogens is 1. The maximum atomic E-state index is 12.9. The number of anilines is 2. The van der Waals surface area contributed by atoms with E-state index in [0.29, 0.717) is 32.3 Å². The fourth-order valence-corrected chi connectivity index (χ4v) is 4.22. The SMILES string of the molecule is Cc1ccc2nc(CSc3nnc(NC(=O)Nc4ccc(F)cc4)s3)cc(=O)n2c1. The predicted molar refractivity (Wildman–Crippen MR) is 115 cm³/mol. The number of carbonyl (C=O) groups is 1. The number of pyridine rings is 1. The van der Waals surface area contributed by atoms with Crippen LogP contribution in [0.15, 0.2) is 57.8 Å². The number of nitrogens with zero attached hydrogens (tertiary/aromatic N) is 4. The molecule has 1 aromatic carbocycles. The van der Waals surface area contributed by atoms with Gasteiger partial charge in [-0.2, -0.15) is 0 Å². The van der Waals surface area contributed by atoms with Gasteiger partial charge in [0.15, 0.2) is 4.34 Å². The van der Waals surface area contributed by atoms with Gasteiger partial charge in [-0.15, -0.1) is 10.2 Å². The van der Waals surface area contributed by atoms with Crippen LogP contribution in [0.2, 0.25) is 0 Å². The molecule has 4 aromatic rings. The van der Waals surface area contributed by atoms with Gasteiger partial charge in [-0.3, -0.25) is 14.5 Å². The number of amides is 2. The lowest BCUT2D eigenvalue weighted by Crippen LogP contribution is -2.19. The Kier molecular flexibility index (Phi) is 5.72. The molecule has 0 fully saturated rings. The second kappa shape index (κ2) is 8.59. The van der Waals surface area contributed by atoms with E-state index in [1.165, 1.54) is 57.8 Å². The summed E-state index contributed by atoms with van der Waals surface area (Å²) in [7, 11) is 0. The van der Waals surface area contributed by atoms with Gasteiger partial charge < -0.3 is 5.32 Å². The summed E-state index contributed by atoms with van der Waals surface area (Å²) < 4.78 is 15.0. The lowest BCUT2D eigenvalue weighted by atomic mass is 10.3. The number of hydrogen-bond donors (Lipinski definition) is 2. The van der Waals surface area contributed by atoms with Crippen LogP contribution in [-0.2, 0) is 5.75 Å². The topological polar surface area (TPSA) is 101 Å². The fourth-order valence-electron chi connectivity index (χ4n) is 2.58. The molecular weight excluding hydrogens is 427 g/mol. The summed E-state index contributed by atoms with van der Waals surface area (Å²) >= 11 is 2.57. The Bertz CT molecular complexity index is 1270. The van der Waals surface area contributed by atoms with Crippen molar-refractivity contribution in [2.75, 3.05) is 10.6 Å². The number of urea groups is 1. The summed E-state index contributed by atoms with van der Waals surface area (Å²) in [5, 5.41) is 13.4. The molecule has 0 atom stereocenters. The molecule has 0 aliphatic carbocycles. The van der Waals surface area contributed by atoms with E-state index in [-0.39, 0.29) is 11.4 Å². The Labute approximate surface area is 178 Å². The van der Waals surface area contributed by atoms with Crippen LogP contribution in [0.25, 0.3) is 5.65 Å². The second-order valence-electron chi connectivity index (χ2n) is 6.27. The molecule has 3 aromatic heterocycles. The standard InChI is InChI=1S/C19H15FN6O2S2/c1-11-2-7-15-21-14(8-16(27)26(15)9-11)10-29-19-25-24-18(30-19)23-17(28)22-13-5-3-12(20)4-6-13/h2-9H,10H2,1H3,(H2,22,23,24,28). The van der Waals surface area contributed by atoms with E-state index in [1.807, 2.05) is 13.0 Å². The lowest BCUT2D eigenvalue weighted by Gasteiger charge is -2.04. The molecule has 0 aliphatic heterocycles. The van der Waals surface area contributed by atoms with Crippen molar-refractivity contribution in [1.82, 2.24) is 19.6 Å². The maximum absolute atomic E-state index is 12.9. The molecule has 30 heavy (non-hydrogen) atoms. The minimum absolute atomic E-state index is 0.142. The Balaban J connectivity index is 1.37. The first-order chi connectivity index (χ1) is 14.5. The largest absolute Gasteiger partial charge is 0.325 e. The molecule has 0 saturated heterocycles. The maximum Gasteiger partial charge on any atom is 0.325 e. The molecule has 3 heterocycles. The number of nitrogens with one attached hydrogen (secondary N) is 2. The van der Waals surface area contributed by atoms with Crippen LogP contribution in [0.5, 0.6) is 0 Å². The normalized spacial score (nSPS) is 10.9. The Morgan fingerprint density at radius 1 is 1.17 bits per heavy atom. The summed E-state index contributed by atoms with van der Waals surface area (Å²) in [6, 6.07) is 10.1. The molecule has 152 valence electrons. The van der Waals surface area contributed by atoms with Crippen LogP contribution in [0.1, 0.15) is 11.3 Å². The van der Waals surface area contributed by atoms with E-state index < -0.39 is 6.03 Å². The number of aromatic nitrogens is 4. The molecule has 0 bridgehead atoms. The number of carbonyl (C=O) groups excluding carboxylic acids is 1. The highest BCUT2D eigenvalue weighted by Gasteiger charge is 2.10. The zero-order valence-electron chi connectivity index (χ0n) is 15.6. The molecule has 0 aliphatic rings. The summed E-state index contributed by atoms with van der Waals surface area (Å²) in [6.45, 7) is 1.91. The van der Waals surface area contributed by atoms with Crippen molar-refractivity contribution in [2.24, 2.45) is 0 Å². The van der Waals surface area contributed by atoms with Crippen molar-refractivity contribution >= 4 is 45.6 Å². The molecule has 0 unspecified atom stereocenters. The number of aryl methyl sites for hydroxylation is 1. The quantitative estimate of drug-likeness (QED) is 0.359. The highest BCUT2D eigenvalue weighted by molar-refractivity contribution is 8.00. The van der Waals surface area contributed by atoms with Gasteiger partial charge in [-0.1, -0.05) is 29.2 Å². The first-order valence-electron chi connectivity index (χ1n) is 8.75. The van der Waals surface area contributed by atoms with E-state index in [9.17, 15) is 14.0 Å². The number of rotatable bonds is 5. The first kappa shape index (κ1) is 20.0. The predicted octanol–water partition coefficient (Wildman–Crippen LogP) is 3.93. The van der Waals surface area contributed by atoms with E-state index in [2.05, 4.69) is 25.8 Å². The van der Waals surface area contributed by atoms with E-state index in [4.69, 9.17) is 0 Å². The minimum Gasteiger partial charge on any atom is -0.308 e. The Morgan fingerprint density at radius 3 is 2.77 bits per heavy atom. The van der Waals surface area contributed by atoms with E-state index in [1.54, 1.807) is 12.3 Å². The van der Waals surface area contributed by atoms with Crippen molar-refractivity contribution < 1.29 is 9.18 Å². The molecule has 11 heteroatoms. The van der Waals surface area contributed by atoms with E-state index in [0.717, 1.165) is 5.56 Å². The smallest absolute Gasteiger partial charge is 0.308 e. The van der Waals surface area contributed by atoms with Crippen LogP contribution in [-0.4, -0.2) is 25.6 Å². The molecular formula is C19H15FN6O2S2. The molecule has 2 N–H and O–H groups in total. The average Bonchev–Trinajstić information content (AvgIpc) is 3.16. The van der Waals surface area contributed by atoms with Gasteiger partial charge in [0, 0.05) is 23.7 Å². The first-order valence-corrected chi connectivity index (χ1v) is 10.6. The monoisotopic (exact) mass is 442 g/mol. The second-order valence-corrected chi connectivity index (χ2v) is 8.47. The number of fused-ring (bicyclic) bond motifs is 1. The van der Waals surface area contributed by atoms with E-state index >= 15 is 0 Å². The molecule has 4 rings (SSSR count). The van der Waals surface area contributed by atoms with Crippen LogP contribution >= 0.6 is 23.1 Å². The Hall–Kier alpha value is -3.31. The van der Waals surface area contributed by atoms with Gasteiger partial charge in [-0.05, 0) is 42.8 Å². The zero-order valence-corrected chi connectivity index (χ0v) is 17.3. The minimum atomic E-state index is -0.506. The number of thioether (sulfide) groups is 1. The summed E-state index contributed by atoms with van der Waals surface area (Å²) in [5.74, 6) is 0.0567. The Morgan fingerprint density at radius 2 is 1.97 bits per heavy atom. The summed E-state index contributed by atoms with van der Waals surface area (Å²) in [5.41, 5.74) is 2.51. The zero-order chi connectivity index (χ0) is 21.1. The number of benzene rings is 1. The number of hydrogen-bond acceptors (Lipinski definition) is 7. The van der Waals surface area contributed by atoms with Crippen LogP contribution in [0.3, 0.4) is 0 Å². The van der Waals surface area contributed by atoms with Crippen LogP contribution < -0.4 is 16.2 Å². The van der Waals surface area contributed by atoms with Gasteiger partial charge >= 0.3 is 6.03 Å². The van der Waals surface area contributed by atoms with Crippen molar-refractivity contribution in [3.05, 3.63) is 76.1 Å². The molecule has 8 nitrogen and oxygen atoms in total. The summed E-state index contributed by atoms with van der Waals surface area (Å²) in [4.78, 5) is 28.8. The van der Waals surface area contributed by atoms with Gasteiger partial charge in [0.1, 0.15) is 11.5 Å². The average molecular weight is 443 g/mol. The third kappa shape index (κ3) is 4.81. The molecule has 0 radical (unpaired) electrons. The third-order valence-electron chi connectivity index (χ3n) is 3.93. The molecule has 2 amide bonds. The van der Waals surface area contributed by atoms with Crippen molar-refractivity contribution in [2.45, 2.75) is 17.0 Å².